The Kier molecular flexibility index (Phi) is 9.34. The van der Waals surface area contributed by atoms with Gasteiger partial charge < -0.3 is 20.1 Å². The maximum absolute atomic E-state index is 12.6. The number of amides is 2. The molecule has 0 saturated carbocycles. The van der Waals surface area contributed by atoms with E-state index in [1.807, 2.05) is 30.3 Å². The summed E-state index contributed by atoms with van der Waals surface area (Å²) in [6.45, 7) is 4.92. The van der Waals surface area contributed by atoms with E-state index in [-0.39, 0.29) is 24.8 Å². The van der Waals surface area contributed by atoms with Crippen molar-refractivity contribution in [2.75, 3.05) is 0 Å². The summed E-state index contributed by atoms with van der Waals surface area (Å²) in [5, 5.41) is 15.7. The van der Waals surface area contributed by atoms with E-state index in [1.165, 1.54) is 31.2 Å². The van der Waals surface area contributed by atoms with Crippen molar-refractivity contribution in [3.05, 3.63) is 75.8 Å². The Hall–Kier alpha value is -3.95. The van der Waals surface area contributed by atoms with Crippen molar-refractivity contribution in [3.63, 3.8) is 0 Å². The smallest absolute Gasteiger partial charge is 0.408 e. The molecule has 0 aliphatic carbocycles. The van der Waals surface area contributed by atoms with Gasteiger partial charge in [-0.05, 0) is 36.1 Å². The highest BCUT2D eigenvalue weighted by Gasteiger charge is 2.28. The molecule has 0 fully saturated rings. The first-order valence-corrected chi connectivity index (χ1v) is 10.3. The van der Waals surface area contributed by atoms with Gasteiger partial charge in [-0.15, -0.1) is 0 Å². The fourth-order valence-corrected chi connectivity index (χ4v) is 2.78. The molecule has 0 radical (unpaired) electrons. The molecule has 10 heteroatoms. The third-order valence-corrected chi connectivity index (χ3v) is 4.68. The lowest BCUT2D eigenvalue weighted by atomic mass is 10.0. The lowest BCUT2D eigenvalue weighted by Gasteiger charge is -2.23. The fraction of sp³-hybridized carbons (Fsp3) is 0.348. The van der Waals surface area contributed by atoms with E-state index < -0.39 is 35.0 Å². The molecule has 33 heavy (non-hydrogen) atoms. The van der Waals surface area contributed by atoms with E-state index >= 15 is 0 Å². The van der Waals surface area contributed by atoms with E-state index in [2.05, 4.69) is 10.6 Å². The minimum Gasteiger partial charge on any atom is -0.459 e. The predicted octanol–water partition coefficient (Wildman–Crippen LogP) is 3.09. The van der Waals surface area contributed by atoms with E-state index in [4.69, 9.17) is 9.47 Å². The molecule has 0 aliphatic rings. The maximum Gasteiger partial charge on any atom is 0.408 e. The molecule has 0 unspecified atom stereocenters. The summed E-state index contributed by atoms with van der Waals surface area (Å²) >= 11 is 0. The molecular weight excluding hydrogens is 430 g/mol. The Morgan fingerprint density at radius 1 is 0.879 bits per heavy atom. The zero-order chi connectivity index (χ0) is 24.4. The number of hydrogen-bond donors (Lipinski definition) is 2. The molecule has 0 heterocycles. The highest BCUT2D eigenvalue weighted by Crippen LogP contribution is 2.13. The molecule has 2 rings (SSSR count). The van der Waals surface area contributed by atoms with Crippen LogP contribution in [0, 0.1) is 16.0 Å². The first-order valence-electron chi connectivity index (χ1n) is 10.3. The number of non-ortho nitro benzene ring substituents is 1. The van der Waals surface area contributed by atoms with Crippen LogP contribution in [-0.4, -0.2) is 35.0 Å². The Bertz CT molecular complexity index is 962. The molecule has 0 spiro atoms. The molecule has 2 N–H and O–H groups in total. The Balaban J connectivity index is 1.83. The van der Waals surface area contributed by atoms with Crippen molar-refractivity contribution in [2.24, 2.45) is 5.92 Å². The van der Waals surface area contributed by atoms with Gasteiger partial charge in [-0.3, -0.25) is 14.9 Å². The lowest BCUT2D eigenvalue weighted by molar-refractivity contribution is -0.384. The number of nitrogens with one attached hydrogen (secondary N) is 2. The van der Waals surface area contributed by atoms with E-state index in [9.17, 15) is 24.5 Å². The number of alkyl carbamates (subject to hydrolysis) is 1. The first-order chi connectivity index (χ1) is 15.7. The summed E-state index contributed by atoms with van der Waals surface area (Å²) < 4.78 is 10.3. The van der Waals surface area contributed by atoms with Crippen molar-refractivity contribution in [1.29, 1.82) is 0 Å². The third kappa shape index (κ3) is 8.24. The number of carbonyl (C=O) groups is 3. The highest BCUT2D eigenvalue weighted by atomic mass is 16.6. The number of benzene rings is 2. The summed E-state index contributed by atoms with van der Waals surface area (Å²) in [6.07, 6.45) is -0.749. The van der Waals surface area contributed by atoms with E-state index in [1.54, 1.807) is 13.8 Å². The second-order valence-electron chi connectivity index (χ2n) is 7.69. The van der Waals surface area contributed by atoms with Crippen LogP contribution in [0.3, 0.4) is 0 Å². The van der Waals surface area contributed by atoms with E-state index in [0.29, 0.717) is 5.56 Å². The number of nitro groups is 1. The summed E-state index contributed by atoms with van der Waals surface area (Å²) in [4.78, 5) is 47.2. The van der Waals surface area contributed by atoms with E-state index in [0.717, 1.165) is 5.56 Å². The summed E-state index contributed by atoms with van der Waals surface area (Å²) in [5.41, 5.74) is 1.30. The largest absolute Gasteiger partial charge is 0.459 e. The monoisotopic (exact) mass is 457 g/mol. The van der Waals surface area contributed by atoms with Gasteiger partial charge in [-0.1, -0.05) is 44.2 Å². The summed E-state index contributed by atoms with van der Waals surface area (Å²) in [7, 11) is 0. The van der Waals surface area contributed by atoms with Crippen LogP contribution in [0.5, 0.6) is 0 Å². The number of nitro benzene ring substituents is 1. The van der Waals surface area contributed by atoms with Gasteiger partial charge in [0.05, 0.1) is 4.92 Å². The minimum atomic E-state index is -0.973. The fourth-order valence-electron chi connectivity index (χ4n) is 2.78. The number of ether oxygens (including phenoxy) is 2. The van der Waals surface area contributed by atoms with Gasteiger partial charge in [0.2, 0.25) is 5.91 Å². The molecule has 0 aliphatic heterocycles. The molecule has 176 valence electrons. The average molecular weight is 457 g/mol. The van der Waals surface area contributed by atoms with Gasteiger partial charge in [0, 0.05) is 12.1 Å². The van der Waals surface area contributed by atoms with Gasteiger partial charge in [0.15, 0.2) is 0 Å². The Morgan fingerprint density at radius 3 is 2.03 bits per heavy atom. The van der Waals surface area contributed by atoms with Crippen molar-refractivity contribution in [3.8, 4) is 0 Å². The van der Waals surface area contributed by atoms with Crippen molar-refractivity contribution < 1.29 is 28.8 Å². The average Bonchev–Trinajstić information content (AvgIpc) is 2.80. The van der Waals surface area contributed by atoms with Gasteiger partial charge >= 0.3 is 12.1 Å². The summed E-state index contributed by atoms with van der Waals surface area (Å²) in [6, 6.07) is 12.8. The van der Waals surface area contributed by atoms with Crippen molar-refractivity contribution >= 4 is 23.7 Å². The zero-order valence-electron chi connectivity index (χ0n) is 18.6. The number of nitrogens with zero attached hydrogens (tertiary/aromatic N) is 1. The predicted molar refractivity (Wildman–Crippen MR) is 119 cm³/mol. The first kappa shape index (κ1) is 25.3. The van der Waals surface area contributed by atoms with Crippen LogP contribution in [0.2, 0.25) is 0 Å². The standard InChI is InChI=1S/C23H27N3O7/c1-15(2)20(25-23(29)33-14-17-7-5-4-6-8-17)21(27)24-16(3)22(28)32-13-18-9-11-19(12-10-18)26(30)31/h4-12,15-16,20H,13-14H2,1-3H3,(H,24,27)(H,25,29)/t16-,20+/m1/s1. The summed E-state index contributed by atoms with van der Waals surface area (Å²) in [5.74, 6) is -1.50. The second kappa shape index (κ2) is 12.2. The number of rotatable bonds is 10. The van der Waals surface area contributed by atoms with Crippen LogP contribution in [0.1, 0.15) is 31.9 Å². The third-order valence-electron chi connectivity index (χ3n) is 4.68. The van der Waals surface area contributed by atoms with Gasteiger partial charge in [0.25, 0.3) is 5.69 Å². The SMILES string of the molecule is CC(C)[C@H](NC(=O)OCc1ccccc1)C(=O)N[C@H](C)C(=O)OCc1ccc([N+](=O)[O-])cc1. The molecule has 0 bridgehead atoms. The molecule has 0 aromatic heterocycles. The molecule has 2 aromatic carbocycles. The zero-order valence-corrected chi connectivity index (χ0v) is 18.6. The van der Waals surface area contributed by atoms with Crippen molar-refractivity contribution in [2.45, 2.75) is 46.1 Å². The van der Waals surface area contributed by atoms with Crippen LogP contribution in [-0.2, 0) is 32.3 Å². The number of esters is 1. The number of hydrogen-bond acceptors (Lipinski definition) is 7. The minimum absolute atomic E-state index is 0.0600. The Morgan fingerprint density at radius 2 is 1.45 bits per heavy atom. The quantitative estimate of drug-likeness (QED) is 0.318. The van der Waals surface area contributed by atoms with Crippen molar-refractivity contribution in [1.82, 2.24) is 10.6 Å². The highest BCUT2D eigenvalue weighted by molar-refractivity contribution is 5.89. The van der Waals surface area contributed by atoms with Gasteiger partial charge in [0.1, 0.15) is 25.3 Å². The van der Waals surface area contributed by atoms with Gasteiger partial charge in [-0.2, -0.15) is 0 Å². The maximum atomic E-state index is 12.6. The molecular formula is C23H27N3O7. The molecule has 2 atom stereocenters. The molecule has 2 aromatic rings. The van der Waals surface area contributed by atoms with Crippen LogP contribution >= 0.6 is 0 Å². The number of carbonyl (C=O) groups excluding carboxylic acids is 3. The van der Waals surface area contributed by atoms with Gasteiger partial charge in [-0.25, -0.2) is 9.59 Å². The molecule has 0 saturated heterocycles. The van der Waals surface area contributed by atoms with Crippen LogP contribution in [0.15, 0.2) is 54.6 Å². The molecule has 10 nitrogen and oxygen atoms in total. The Labute approximate surface area is 191 Å². The normalized spacial score (nSPS) is 12.4. The van der Waals surface area contributed by atoms with Crippen LogP contribution in [0.4, 0.5) is 10.5 Å². The lowest BCUT2D eigenvalue weighted by Crippen LogP contribution is -2.53. The molecule has 2 amide bonds. The topological polar surface area (TPSA) is 137 Å². The van der Waals surface area contributed by atoms with Crippen LogP contribution < -0.4 is 10.6 Å². The second-order valence-corrected chi connectivity index (χ2v) is 7.69. The van der Waals surface area contributed by atoms with Crippen LogP contribution in [0.25, 0.3) is 0 Å².